The van der Waals surface area contributed by atoms with Crippen LogP contribution in [0.2, 0.25) is 0 Å². The minimum Gasteiger partial charge on any atom is -0.366 e. The third-order valence-electron chi connectivity index (χ3n) is 1.93. The fourth-order valence-corrected chi connectivity index (χ4v) is 0.864. The van der Waals surface area contributed by atoms with Gasteiger partial charge in [-0.1, -0.05) is 17.7 Å². The largest absolute Gasteiger partial charge is 0.366 e. The summed E-state index contributed by atoms with van der Waals surface area (Å²) >= 11 is 0. The Morgan fingerprint density at radius 2 is 2.00 bits per heavy atom. The van der Waals surface area contributed by atoms with Crippen molar-refractivity contribution < 1.29 is 4.79 Å². The maximum absolute atomic E-state index is 10.7. The zero-order valence-corrected chi connectivity index (χ0v) is 8.05. The molecule has 2 nitrogen and oxygen atoms in total. The van der Waals surface area contributed by atoms with E-state index in [4.69, 9.17) is 5.73 Å². The third-order valence-corrected chi connectivity index (χ3v) is 1.93. The lowest BCUT2D eigenvalue weighted by Crippen LogP contribution is -2.13. The number of nitrogens with two attached hydrogens (primary N) is 1. The van der Waals surface area contributed by atoms with Gasteiger partial charge in [0, 0.05) is 5.57 Å². The first kappa shape index (κ1) is 11.0. The molecule has 1 amide bonds. The molecule has 0 aromatic heterocycles. The molecular weight excluding hydrogens is 150 g/mol. The average molecular weight is 167 g/mol. The number of amides is 1. The second-order valence-corrected chi connectivity index (χ2v) is 2.88. The van der Waals surface area contributed by atoms with Gasteiger partial charge >= 0.3 is 0 Å². The summed E-state index contributed by atoms with van der Waals surface area (Å²) in [4.78, 5) is 10.7. The van der Waals surface area contributed by atoms with Crippen molar-refractivity contribution in [1.29, 1.82) is 0 Å². The Kier molecular flexibility index (Phi) is 5.09. The standard InChI is InChI=1S/C10H17NO/c1-4-5-6-7-8(2)9(3)10(11)12/h4-5H,6-7H2,1-3H3,(H2,11,12). The first-order valence-electron chi connectivity index (χ1n) is 4.17. The lowest BCUT2D eigenvalue weighted by molar-refractivity contribution is -0.114. The molecule has 0 aliphatic heterocycles. The lowest BCUT2D eigenvalue weighted by Gasteiger charge is -2.01. The summed E-state index contributed by atoms with van der Waals surface area (Å²) in [5.74, 6) is -0.312. The van der Waals surface area contributed by atoms with Gasteiger partial charge in [0.15, 0.2) is 0 Å². The highest BCUT2D eigenvalue weighted by Gasteiger charge is 2.01. The van der Waals surface area contributed by atoms with E-state index in [2.05, 4.69) is 6.08 Å². The molecule has 0 bridgehead atoms. The summed E-state index contributed by atoms with van der Waals surface area (Å²) in [5.41, 5.74) is 6.90. The van der Waals surface area contributed by atoms with Crippen molar-refractivity contribution in [2.45, 2.75) is 33.6 Å². The quantitative estimate of drug-likeness (QED) is 0.506. The molecule has 0 atom stereocenters. The van der Waals surface area contributed by atoms with Crippen LogP contribution in [-0.2, 0) is 4.79 Å². The minimum absolute atomic E-state index is 0.312. The number of carbonyl (C=O) groups is 1. The van der Waals surface area contributed by atoms with Crippen molar-refractivity contribution in [2.24, 2.45) is 5.73 Å². The van der Waals surface area contributed by atoms with E-state index in [-0.39, 0.29) is 5.91 Å². The van der Waals surface area contributed by atoms with Crippen molar-refractivity contribution in [2.75, 3.05) is 0 Å². The molecule has 0 heterocycles. The summed E-state index contributed by atoms with van der Waals surface area (Å²) in [6.07, 6.45) is 5.98. The Morgan fingerprint density at radius 1 is 1.42 bits per heavy atom. The van der Waals surface area contributed by atoms with Crippen LogP contribution < -0.4 is 5.73 Å². The van der Waals surface area contributed by atoms with Crippen LogP contribution in [0.25, 0.3) is 0 Å². The van der Waals surface area contributed by atoms with Gasteiger partial charge in [0.05, 0.1) is 0 Å². The van der Waals surface area contributed by atoms with E-state index < -0.39 is 0 Å². The van der Waals surface area contributed by atoms with Gasteiger partial charge < -0.3 is 5.73 Å². The van der Waals surface area contributed by atoms with Gasteiger partial charge in [0.25, 0.3) is 0 Å². The number of hydrogen-bond donors (Lipinski definition) is 1. The van der Waals surface area contributed by atoms with Gasteiger partial charge in [-0.3, -0.25) is 4.79 Å². The molecule has 0 saturated carbocycles. The second-order valence-electron chi connectivity index (χ2n) is 2.88. The van der Waals surface area contributed by atoms with Gasteiger partial charge in [0.1, 0.15) is 0 Å². The second kappa shape index (κ2) is 5.58. The van der Waals surface area contributed by atoms with E-state index in [1.54, 1.807) is 6.92 Å². The van der Waals surface area contributed by atoms with Gasteiger partial charge in [-0.2, -0.15) is 0 Å². The highest BCUT2D eigenvalue weighted by Crippen LogP contribution is 2.09. The van der Waals surface area contributed by atoms with E-state index in [0.29, 0.717) is 5.57 Å². The van der Waals surface area contributed by atoms with Crippen molar-refractivity contribution in [3.63, 3.8) is 0 Å². The summed E-state index contributed by atoms with van der Waals surface area (Å²) < 4.78 is 0. The van der Waals surface area contributed by atoms with E-state index >= 15 is 0 Å². The van der Waals surface area contributed by atoms with Crippen molar-refractivity contribution >= 4 is 5.91 Å². The van der Waals surface area contributed by atoms with Gasteiger partial charge in [-0.25, -0.2) is 0 Å². The maximum Gasteiger partial charge on any atom is 0.244 e. The molecule has 0 rings (SSSR count). The Morgan fingerprint density at radius 3 is 2.42 bits per heavy atom. The van der Waals surface area contributed by atoms with Crippen LogP contribution in [0, 0.1) is 0 Å². The van der Waals surface area contributed by atoms with E-state index in [0.717, 1.165) is 18.4 Å². The Hall–Kier alpha value is -1.05. The zero-order valence-electron chi connectivity index (χ0n) is 8.05. The SMILES string of the molecule is CC=CCCC(C)=C(C)C(N)=O. The number of allylic oxidation sites excluding steroid dienone is 3. The molecular formula is C10H17NO. The van der Waals surface area contributed by atoms with E-state index in [1.165, 1.54) is 0 Å². The van der Waals surface area contributed by atoms with Crippen LogP contribution in [0.1, 0.15) is 33.6 Å². The van der Waals surface area contributed by atoms with Crippen LogP contribution in [0.3, 0.4) is 0 Å². The summed E-state index contributed by atoms with van der Waals surface area (Å²) in [6, 6.07) is 0. The van der Waals surface area contributed by atoms with Crippen molar-refractivity contribution in [3.05, 3.63) is 23.3 Å². The van der Waals surface area contributed by atoms with Crippen LogP contribution in [0.5, 0.6) is 0 Å². The predicted octanol–water partition coefficient (Wildman–Crippen LogP) is 2.16. The molecule has 0 spiro atoms. The number of carbonyl (C=O) groups excluding carboxylic acids is 1. The van der Waals surface area contributed by atoms with Gasteiger partial charge in [0.2, 0.25) is 5.91 Å². The summed E-state index contributed by atoms with van der Waals surface area (Å²) in [7, 11) is 0. The number of rotatable bonds is 4. The molecule has 0 saturated heterocycles. The first-order valence-corrected chi connectivity index (χ1v) is 4.17. The zero-order chi connectivity index (χ0) is 9.56. The molecule has 0 aliphatic rings. The highest BCUT2D eigenvalue weighted by atomic mass is 16.1. The summed E-state index contributed by atoms with van der Waals surface area (Å²) in [6.45, 7) is 5.71. The van der Waals surface area contributed by atoms with Crippen LogP contribution >= 0.6 is 0 Å². The van der Waals surface area contributed by atoms with Gasteiger partial charge in [-0.05, 0) is 33.6 Å². The molecule has 2 heteroatoms. The van der Waals surface area contributed by atoms with Crippen LogP contribution in [-0.4, -0.2) is 5.91 Å². The number of primary amides is 1. The fraction of sp³-hybridized carbons (Fsp3) is 0.500. The van der Waals surface area contributed by atoms with Crippen LogP contribution in [0.4, 0.5) is 0 Å². The van der Waals surface area contributed by atoms with Crippen molar-refractivity contribution in [3.8, 4) is 0 Å². The molecule has 0 radical (unpaired) electrons. The normalized spacial score (nSPS) is 13.2. The smallest absolute Gasteiger partial charge is 0.244 e. The third kappa shape index (κ3) is 3.96. The monoisotopic (exact) mass is 167 g/mol. The Labute approximate surface area is 74.1 Å². The first-order chi connectivity index (χ1) is 5.59. The topological polar surface area (TPSA) is 43.1 Å². The molecule has 0 fully saturated rings. The highest BCUT2D eigenvalue weighted by molar-refractivity contribution is 5.91. The van der Waals surface area contributed by atoms with Crippen LogP contribution in [0.15, 0.2) is 23.3 Å². The minimum atomic E-state index is -0.312. The number of hydrogen-bond acceptors (Lipinski definition) is 1. The summed E-state index contributed by atoms with van der Waals surface area (Å²) in [5, 5.41) is 0. The lowest BCUT2D eigenvalue weighted by atomic mass is 10.1. The molecule has 0 aromatic rings. The van der Waals surface area contributed by atoms with E-state index in [1.807, 2.05) is 19.9 Å². The van der Waals surface area contributed by atoms with Crippen molar-refractivity contribution in [1.82, 2.24) is 0 Å². The molecule has 0 aliphatic carbocycles. The Bertz CT molecular complexity index is 214. The predicted molar refractivity (Wildman–Crippen MR) is 51.6 cm³/mol. The van der Waals surface area contributed by atoms with Gasteiger partial charge in [-0.15, -0.1) is 0 Å². The maximum atomic E-state index is 10.7. The Balaban J connectivity index is 4.08. The molecule has 0 aromatic carbocycles. The molecule has 2 N–H and O–H groups in total. The van der Waals surface area contributed by atoms with E-state index in [9.17, 15) is 4.79 Å². The molecule has 12 heavy (non-hydrogen) atoms. The molecule has 68 valence electrons. The fourth-order valence-electron chi connectivity index (χ4n) is 0.864. The molecule has 0 unspecified atom stereocenters. The average Bonchev–Trinajstić information content (AvgIpc) is 2.03.